The number of benzene rings is 2. The Labute approximate surface area is 138 Å². The molecule has 2 heterocycles. The van der Waals surface area contributed by atoms with E-state index in [-0.39, 0.29) is 0 Å². The highest BCUT2D eigenvalue weighted by atomic mass is 15.6. The van der Waals surface area contributed by atoms with Gasteiger partial charge >= 0.3 is 0 Å². The summed E-state index contributed by atoms with van der Waals surface area (Å²) in [5.74, 6) is 0.651. The van der Waals surface area contributed by atoms with Crippen LogP contribution in [-0.2, 0) is 13.1 Å². The predicted octanol–water partition coefficient (Wildman–Crippen LogP) is 2.48. The molecule has 0 aliphatic rings. The third-order valence-electron chi connectivity index (χ3n) is 3.81. The molecular weight excluding hydrogens is 302 g/mol. The Morgan fingerprint density at radius 3 is 2.17 bits per heavy atom. The normalized spacial score (nSPS) is 11.2. The molecule has 0 fully saturated rings. The van der Waals surface area contributed by atoms with Crippen LogP contribution in [0, 0.1) is 6.92 Å². The molecule has 0 saturated carbocycles. The van der Waals surface area contributed by atoms with Gasteiger partial charge < -0.3 is 0 Å². The maximum Gasteiger partial charge on any atom is 0.204 e. The third kappa shape index (κ3) is 3.01. The van der Waals surface area contributed by atoms with Gasteiger partial charge in [0.1, 0.15) is 11.0 Å². The number of hydrogen-bond donors (Lipinski definition) is 0. The van der Waals surface area contributed by atoms with Crippen molar-refractivity contribution in [1.29, 1.82) is 0 Å². The van der Waals surface area contributed by atoms with Crippen molar-refractivity contribution in [1.82, 2.24) is 35.2 Å². The van der Waals surface area contributed by atoms with Crippen molar-refractivity contribution in [2.75, 3.05) is 0 Å². The van der Waals surface area contributed by atoms with Gasteiger partial charge in [-0.1, -0.05) is 42.0 Å². The number of aromatic nitrogens is 7. The monoisotopic (exact) mass is 319 g/mol. The topological polar surface area (TPSA) is 74.3 Å². The molecule has 0 spiro atoms. The number of tetrazole rings is 1. The van der Waals surface area contributed by atoms with E-state index in [1.54, 1.807) is 9.59 Å². The van der Waals surface area contributed by atoms with E-state index in [1.807, 2.05) is 48.5 Å². The molecule has 0 radical (unpaired) electrons. The Bertz CT molecular complexity index is 919. The Morgan fingerprint density at radius 1 is 0.792 bits per heavy atom. The highest BCUT2D eigenvalue weighted by molar-refractivity contribution is 5.72. The first-order chi connectivity index (χ1) is 11.8. The third-order valence-corrected chi connectivity index (χ3v) is 3.81. The number of fused-ring (bicyclic) bond motifs is 1. The molecule has 0 saturated heterocycles. The second-order valence-corrected chi connectivity index (χ2v) is 5.71. The Balaban J connectivity index is 1.38. The molecule has 0 aliphatic heterocycles. The van der Waals surface area contributed by atoms with Crippen molar-refractivity contribution in [2.24, 2.45) is 0 Å². The summed E-state index contributed by atoms with van der Waals surface area (Å²) < 4.78 is 0. The summed E-state index contributed by atoms with van der Waals surface area (Å²) in [7, 11) is 0. The molecule has 0 atom stereocenters. The van der Waals surface area contributed by atoms with Crippen molar-refractivity contribution in [2.45, 2.75) is 26.4 Å². The van der Waals surface area contributed by atoms with Crippen molar-refractivity contribution in [3.8, 4) is 11.4 Å². The summed E-state index contributed by atoms with van der Waals surface area (Å²) in [4.78, 5) is 3.35. The van der Waals surface area contributed by atoms with Gasteiger partial charge in [-0.15, -0.1) is 10.2 Å². The van der Waals surface area contributed by atoms with Gasteiger partial charge in [-0.25, -0.2) is 0 Å². The predicted molar refractivity (Wildman–Crippen MR) is 90.1 cm³/mol. The highest BCUT2D eigenvalue weighted by Crippen LogP contribution is 2.14. The van der Waals surface area contributed by atoms with Gasteiger partial charge in [-0.05, 0) is 30.7 Å². The van der Waals surface area contributed by atoms with Crippen molar-refractivity contribution in [3.05, 3.63) is 54.1 Å². The van der Waals surface area contributed by atoms with E-state index in [9.17, 15) is 0 Å². The smallest absolute Gasteiger partial charge is 0.184 e. The van der Waals surface area contributed by atoms with Crippen LogP contribution in [0.15, 0.2) is 48.5 Å². The van der Waals surface area contributed by atoms with Gasteiger partial charge in [0, 0.05) is 5.56 Å². The zero-order valence-electron chi connectivity index (χ0n) is 13.4. The molecule has 4 rings (SSSR count). The van der Waals surface area contributed by atoms with Crippen LogP contribution >= 0.6 is 0 Å². The molecule has 7 nitrogen and oxygen atoms in total. The van der Waals surface area contributed by atoms with Crippen LogP contribution < -0.4 is 0 Å². The van der Waals surface area contributed by atoms with E-state index in [4.69, 9.17) is 0 Å². The van der Waals surface area contributed by atoms with Crippen LogP contribution in [0.25, 0.3) is 22.4 Å². The first-order valence-corrected chi connectivity index (χ1v) is 7.93. The zero-order chi connectivity index (χ0) is 16.4. The SMILES string of the molecule is Cc1ccc(-c2nnn(CCCn3nc4ccccc4n3)n2)cc1. The molecule has 2 aromatic heterocycles. The molecular formula is C17H17N7. The summed E-state index contributed by atoms with van der Waals surface area (Å²) in [6, 6.07) is 16.0. The number of aryl methyl sites for hydroxylation is 3. The number of rotatable bonds is 5. The molecule has 0 bridgehead atoms. The molecule has 7 heteroatoms. The Morgan fingerprint density at radius 2 is 1.46 bits per heavy atom. The van der Waals surface area contributed by atoms with Crippen LogP contribution in [0.3, 0.4) is 0 Å². The van der Waals surface area contributed by atoms with Gasteiger partial charge in [0.25, 0.3) is 0 Å². The summed E-state index contributed by atoms with van der Waals surface area (Å²) in [6.07, 6.45) is 0.838. The van der Waals surface area contributed by atoms with E-state index >= 15 is 0 Å². The van der Waals surface area contributed by atoms with Crippen LogP contribution in [-0.4, -0.2) is 35.2 Å². The molecule has 4 aromatic rings. The maximum atomic E-state index is 4.44. The van der Waals surface area contributed by atoms with Gasteiger partial charge in [0.2, 0.25) is 5.82 Å². The van der Waals surface area contributed by atoms with Crippen LogP contribution in [0.2, 0.25) is 0 Å². The average Bonchev–Trinajstić information content (AvgIpc) is 3.22. The van der Waals surface area contributed by atoms with E-state index in [0.717, 1.165) is 29.6 Å². The van der Waals surface area contributed by atoms with Crippen LogP contribution in [0.4, 0.5) is 0 Å². The van der Waals surface area contributed by atoms with E-state index in [2.05, 4.69) is 32.5 Å². The van der Waals surface area contributed by atoms with Crippen LogP contribution in [0.5, 0.6) is 0 Å². The summed E-state index contributed by atoms with van der Waals surface area (Å²) in [5, 5.41) is 21.6. The first kappa shape index (κ1) is 14.5. The van der Waals surface area contributed by atoms with Crippen molar-refractivity contribution < 1.29 is 0 Å². The standard InChI is InChI=1S/C17H17N7/c1-13-7-9-14(10-8-13)17-18-22-24(21-17)12-4-11-23-19-15-5-2-3-6-16(15)20-23/h2-3,5-10H,4,11-12H2,1H3. The number of hydrogen-bond acceptors (Lipinski definition) is 5. The molecule has 2 aromatic carbocycles. The molecule has 0 N–H and O–H groups in total. The maximum absolute atomic E-state index is 4.44. The van der Waals surface area contributed by atoms with E-state index in [1.165, 1.54) is 5.56 Å². The second-order valence-electron chi connectivity index (χ2n) is 5.71. The molecule has 24 heavy (non-hydrogen) atoms. The van der Waals surface area contributed by atoms with Crippen molar-refractivity contribution >= 4 is 11.0 Å². The minimum Gasteiger partial charge on any atom is -0.184 e. The lowest BCUT2D eigenvalue weighted by Crippen LogP contribution is -2.08. The highest BCUT2D eigenvalue weighted by Gasteiger charge is 2.06. The Kier molecular flexibility index (Phi) is 3.74. The fourth-order valence-corrected chi connectivity index (χ4v) is 2.51. The quantitative estimate of drug-likeness (QED) is 0.565. The summed E-state index contributed by atoms with van der Waals surface area (Å²) in [5.41, 5.74) is 4.02. The van der Waals surface area contributed by atoms with E-state index < -0.39 is 0 Å². The largest absolute Gasteiger partial charge is 0.204 e. The summed E-state index contributed by atoms with van der Waals surface area (Å²) >= 11 is 0. The van der Waals surface area contributed by atoms with Crippen molar-refractivity contribution in [3.63, 3.8) is 0 Å². The average molecular weight is 319 g/mol. The van der Waals surface area contributed by atoms with Gasteiger partial charge in [0.05, 0.1) is 13.1 Å². The fraction of sp³-hybridized carbons (Fsp3) is 0.235. The molecule has 0 aliphatic carbocycles. The minimum absolute atomic E-state index is 0.651. The van der Waals surface area contributed by atoms with E-state index in [0.29, 0.717) is 12.4 Å². The zero-order valence-corrected chi connectivity index (χ0v) is 13.4. The molecule has 0 amide bonds. The first-order valence-electron chi connectivity index (χ1n) is 7.93. The minimum atomic E-state index is 0.651. The van der Waals surface area contributed by atoms with Gasteiger partial charge in [-0.3, -0.25) is 0 Å². The summed E-state index contributed by atoms with van der Waals surface area (Å²) in [6.45, 7) is 3.45. The molecule has 0 unspecified atom stereocenters. The lowest BCUT2D eigenvalue weighted by atomic mass is 10.1. The second kappa shape index (κ2) is 6.19. The van der Waals surface area contributed by atoms with Crippen LogP contribution in [0.1, 0.15) is 12.0 Å². The number of nitrogens with zero attached hydrogens (tertiary/aromatic N) is 7. The molecule has 120 valence electrons. The Hall–Kier alpha value is -3.09. The fourth-order valence-electron chi connectivity index (χ4n) is 2.51. The lowest BCUT2D eigenvalue weighted by Gasteiger charge is -1.99. The lowest BCUT2D eigenvalue weighted by molar-refractivity contribution is 0.436. The van der Waals surface area contributed by atoms with Gasteiger partial charge in [0.15, 0.2) is 0 Å². The van der Waals surface area contributed by atoms with Gasteiger partial charge in [-0.2, -0.15) is 19.8 Å².